The van der Waals surface area contributed by atoms with E-state index in [0.29, 0.717) is 41.9 Å². The Hall–Kier alpha value is -1.67. The molecular weight excluding hydrogens is 474 g/mol. The van der Waals surface area contributed by atoms with Crippen molar-refractivity contribution in [3.8, 4) is 0 Å². The summed E-state index contributed by atoms with van der Waals surface area (Å²) in [5, 5.41) is 42.3. The lowest BCUT2D eigenvalue weighted by molar-refractivity contribution is -0.174. The van der Waals surface area contributed by atoms with E-state index in [1.54, 1.807) is 0 Å². The highest BCUT2D eigenvalue weighted by atomic mass is 16.4. The number of aliphatic hydroxyl groups excluding tert-OH is 2. The van der Waals surface area contributed by atoms with Crippen LogP contribution in [0.1, 0.15) is 97.8 Å². The maximum absolute atomic E-state index is 12.5. The second-order valence-corrected chi connectivity index (χ2v) is 13.4. The molecule has 4 saturated carbocycles. The third kappa shape index (κ3) is 5.42. The maximum atomic E-state index is 12.5. The molecule has 1 unspecified atom stereocenters. The molecule has 4 aliphatic carbocycles. The molecule has 0 heterocycles. The summed E-state index contributed by atoms with van der Waals surface area (Å²) in [6, 6.07) is -1.18. The van der Waals surface area contributed by atoms with Crippen LogP contribution < -0.4 is 5.32 Å². The Balaban J connectivity index is 1.38. The molecule has 0 aliphatic heterocycles. The molecule has 11 atom stereocenters. The van der Waals surface area contributed by atoms with Crippen molar-refractivity contribution < 1.29 is 34.8 Å². The van der Waals surface area contributed by atoms with Gasteiger partial charge >= 0.3 is 11.9 Å². The van der Waals surface area contributed by atoms with Crippen LogP contribution in [0.25, 0.3) is 0 Å². The van der Waals surface area contributed by atoms with Gasteiger partial charge in [-0.1, -0.05) is 20.8 Å². The van der Waals surface area contributed by atoms with Gasteiger partial charge in [-0.15, -0.1) is 0 Å². The van der Waals surface area contributed by atoms with Crippen molar-refractivity contribution in [3.63, 3.8) is 0 Å². The molecular formula is C29H47NO7. The largest absolute Gasteiger partial charge is 0.481 e. The Morgan fingerprint density at radius 3 is 2.24 bits per heavy atom. The van der Waals surface area contributed by atoms with E-state index < -0.39 is 18.0 Å². The minimum absolute atomic E-state index is 0.126. The van der Waals surface area contributed by atoms with E-state index in [0.717, 1.165) is 51.4 Å². The van der Waals surface area contributed by atoms with Gasteiger partial charge in [0.05, 0.1) is 12.2 Å². The summed E-state index contributed by atoms with van der Waals surface area (Å²) < 4.78 is 0. The normalized spacial score (nSPS) is 42.6. The number of aliphatic hydroxyl groups is 2. The second-order valence-electron chi connectivity index (χ2n) is 13.4. The van der Waals surface area contributed by atoms with E-state index >= 15 is 0 Å². The molecule has 4 rings (SSSR count). The lowest BCUT2D eigenvalue weighted by Gasteiger charge is -2.62. The SMILES string of the molecule is C[C@H](CCC(=O)NC(CCC(=O)O)C(=O)O)[C@H]1CC[C@H]2[C@@H]3[C@H](O)C[C@@H]4C[C@H](O)CC[C@]4(C)[C@H]3CC[C@]12C. The summed E-state index contributed by atoms with van der Waals surface area (Å²) >= 11 is 0. The van der Waals surface area contributed by atoms with Crippen molar-refractivity contribution in [3.05, 3.63) is 0 Å². The summed E-state index contributed by atoms with van der Waals surface area (Å²) in [4.78, 5) is 34.8. The van der Waals surface area contributed by atoms with Crippen molar-refractivity contribution >= 4 is 17.8 Å². The standard InChI is InChI=1S/C29H47NO7/c1-16(4-8-24(33)30-22(27(36)37)7-9-25(34)35)19-5-6-20-26-21(11-13-29(19,20)3)28(2)12-10-18(31)14-17(28)15-23(26)32/h16-23,26,31-32H,4-15H2,1-3H3,(H,30,33)(H,34,35)(H,36,37)/t16-,17+,18-,19-,20+,21+,22?,23-,26+,28+,29-/m1/s1. The number of carbonyl (C=O) groups excluding carboxylic acids is 1. The molecule has 1 amide bonds. The van der Waals surface area contributed by atoms with Crippen LogP contribution in [-0.4, -0.2) is 56.5 Å². The lowest BCUT2D eigenvalue weighted by Crippen LogP contribution is -2.58. The van der Waals surface area contributed by atoms with Gasteiger partial charge in [-0.05, 0) is 111 Å². The highest BCUT2D eigenvalue weighted by Crippen LogP contribution is 2.68. The average molecular weight is 522 g/mol. The number of nitrogens with one attached hydrogen (secondary N) is 1. The quantitative estimate of drug-likeness (QED) is 0.310. The summed E-state index contributed by atoms with van der Waals surface area (Å²) in [6.45, 7) is 7.03. The number of carbonyl (C=O) groups is 3. The predicted molar refractivity (Wildman–Crippen MR) is 137 cm³/mol. The van der Waals surface area contributed by atoms with Gasteiger partial charge in [0.15, 0.2) is 0 Å². The smallest absolute Gasteiger partial charge is 0.326 e. The molecule has 0 aromatic heterocycles. The van der Waals surface area contributed by atoms with Crippen molar-refractivity contribution in [2.24, 2.45) is 46.3 Å². The summed E-state index contributed by atoms with van der Waals surface area (Å²) in [6.07, 6.45) is 7.91. The fraction of sp³-hybridized carbons (Fsp3) is 0.897. The number of hydrogen-bond acceptors (Lipinski definition) is 5. The first kappa shape index (κ1) is 28.3. The third-order valence-corrected chi connectivity index (χ3v) is 11.5. The molecule has 0 bridgehead atoms. The van der Waals surface area contributed by atoms with Crippen LogP contribution in [0.5, 0.6) is 0 Å². The molecule has 5 N–H and O–H groups in total. The lowest BCUT2D eigenvalue weighted by atomic mass is 9.43. The maximum Gasteiger partial charge on any atom is 0.326 e. The Kier molecular flexibility index (Phi) is 8.30. The van der Waals surface area contributed by atoms with E-state index in [2.05, 4.69) is 26.1 Å². The molecule has 0 aromatic carbocycles. The first-order chi connectivity index (χ1) is 17.4. The number of amides is 1. The van der Waals surface area contributed by atoms with Crippen molar-refractivity contribution in [1.29, 1.82) is 0 Å². The van der Waals surface area contributed by atoms with Gasteiger partial charge in [-0.2, -0.15) is 0 Å². The third-order valence-electron chi connectivity index (χ3n) is 11.5. The fourth-order valence-corrected chi connectivity index (χ4v) is 9.53. The van der Waals surface area contributed by atoms with Gasteiger partial charge in [-0.3, -0.25) is 9.59 Å². The number of rotatable bonds is 9. The number of hydrogen-bond donors (Lipinski definition) is 5. The fourth-order valence-electron chi connectivity index (χ4n) is 9.53. The summed E-state index contributed by atoms with van der Waals surface area (Å²) in [7, 11) is 0. The van der Waals surface area contributed by atoms with Gasteiger partial charge in [0.1, 0.15) is 6.04 Å². The zero-order valence-electron chi connectivity index (χ0n) is 22.7. The van der Waals surface area contributed by atoms with Crippen molar-refractivity contribution in [2.45, 2.75) is 116 Å². The first-order valence-corrected chi connectivity index (χ1v) is 14.5. The minimum Gasteiger partial charge on any atom is -0.481 e. The van der Waals surface area contributed by atoms with Gasteiger partial charge in [0, 0.05) is 12.8 Å². The van der Waals surface area contributed by atoms with Gasteiger partial charge < -0.3 is 25.7 Å². The van der Waals surface area contributed by atoms with Crippen LogP contribution >= 0.6 is 0 Å². The van der Waals surface area contributed by atoms with E-state index in [1.165, 1.54) is 0 Å². The average Bonchev–Trinajstić information content (AvgIpc) is 3.18. The van der Waals surface area contributed by atoms with E-state index in [-0.39, 0.29) is 48.2 Å². The summed E-state index contributed by atoms with van der Waals surface area (Å²) in [5.41, 5.74) is 0.327. The molecule has 4 aliphatic rings. The highest BCUT2D eigenvalue weighted by Gasteiger charge is 2.62. The topological polar surface area (TPSA) is 144 Å². The Bertz CT molecular complexity index is 878. The number of fused-ring (bicyclic) bond motifs is 5. The highest BCUT2D eigenvalue weighted by molar-refractivity contribution is 5.83. The van der Waals surface area contributed by atoms with Gasteiger partial charge in [-0.25, -0.2) is 4.79 Å². The number of aliphatic carboxylic acids is 2. The van der Waals surface area contributed by atoms with Gasteiger partial charge in [0.2, 0.25) is 5.91 Å². The van der Waals surface area contributed by atoms with Crippen LogP contribution in [0.2, 0.25) is 0 Å². The van der Waals surface area contributed by atoms with E-state index in [9.17, 15) is 29.7 Å². The van der Waals surface area contributed by atoms with Crippen LogP contribution in [0.4, 0.5) is 0 Å². The monoisotopic (exact) mass is 521 g/mol. The molecule has 210 valence electrons. The molecule has 8 nitrogen and oxygen atoms in total. The Labute approximate surface area is 220 Å². The van der Waals surface area contributed by atoms with Crippen molar-refractivity contribution in [1.82, 2.24) is 5.32 Å². The molecule has 0 aromatic rings. The summed E-state index contributed by atoms with van der Waals surface area (Å²) in [5.74, 6) is -0.188. The number of carboxylic acid groups (broad SMARTS) is 2. The molecule has 8 heteroatoms. The zero-order chi connectivity index (χ0) is 27.1. The molecule has 4 fully saturated rings. The van der Waals surface area contributed by atoms with E-state index in [4.69, 9.17) is 5.11 Å². The minimum atomic E-state index is -1.21. The second kappa shape index (κ2) is 10.8. The molecule has 0 radical (unpaired) electrons. The van der Waals surface area contributed by atoms with Crippen LogP contribution in [0.15, 0.2) is 0 Å². The molecule has 37 heavy (non-hydrogen) atoms. The first-order valence-electron chi connectivity index (χ1n) is 14.5. The van der Waals surface area contributed by atoms with Crippen LogP contribution in [-0.2, 0) is 14.4 Å². The zero-order valence-corrected chi connectivity index (χ0v) is 22.7. The molecule has 0 spiro atoms. The van der Waals surface area contributed by atoms with Crippen LogP contribution in [0.3, 0.4) is 0 Å². The predicted octanol–water partition coefficient (Wildman–Crippen LogP) is 3.83. The van der Waals surface area contributed by atoms with Gasteiger partial charge in [0.25, 0.3) is 0 Å². The Morgan fingerprint density at radius 2 is 1.57 bits per heavy atom. The number of carboxylic acids is 2. The van der Waals surface area contributed by atoms with Crippen LogP contribution in [0, 0.1) is 46.3 Å². The van der Waals surface area contributed by atoms with E-state index in [1.807, 2.05) is 0 Å². The Morgan fingerprint density at radius 1 is 0.892 bits per heavy atom. The van der Waals surface area contributed by atoms with Crippen molar-refractivity contribution in [2.75, 3.05) is 0 Å². The molecule has 0 saturated heterocycles.